The zero-order valence-corrected chi connectivity index (χ0v) is 15.5. The van der Waals surface area contributed by atoms with Crippen LogP contribution in [0.15, 0.2) is 30.3 Å². The van der Waals surface area contributed by atoms with Gasteiger partial charge >= 0.3 is 5.97 Å². The molecule has 2 unspecified atom stereocenters. The molecule has 1 aromatic rings. The van der Waals surface area contributed by atoms with E-state index in [1.54, 1.807) is 0 Å². The summed E-state index contributed by atoms with van der Waals surface area (Å²) in [5.41, 5.74) is 1.10. The third kappa shape index (κ3) is 6.23. The van der Waals surface area contributed by atoms with Crippen molar-refractivity contribution in [2.75, 3.05) is 34.8 Å². The molecule has 5 heteroatoms. The van der Waals surface area contributed by atoms with E-state index in [1.807, 2.05) is 30.3 Å². The molecule has 0 saturated carbocycles. The summed E-state index contributed by atoms with van der Waals surface area (Å²) in [6.07, 6.45) is 0. The summed E-state index contributed by atoms with van der Waals surface area (Å²) in [5.74, 6) is -0.369. The number of carbonyl (C=O) groups is 1. The number of benzene rings is 1. The molecule has 0 aliphatic heterocycles. The van der Waals surface area contributed by atoms with Gasteiger partial charge in [0, 0.05) is 0 Å². The van der Waals surface area contributed by atoms with Crippen LogP contribution in [-0.4, -0.2) is 45.2 Å². The van der Waals surface area contributed by atoms with Crippen molar-refractivity contribution in [1.29, 1.82) is 0 Å². The fourth-order valence-corrected chi connectivity index (χ4v) is 2.59. The van der Waals surface area contributed by atoms with Crippen LogP contribution < -0.4 is 24.0 Å². The molecule has 0 aliphatic carbocycles. The lowest BCUT2D eigenvalue weighted by Crippen LogP contribution is -3.00. The number of quaternary nitrogens is 1. The van der Waals surface area contributed by atoms with Crippen molar-refractivity contribution in [2.45, 2.75) is 4.83 Å². The summed E-state index contributed by atoms with van der Waals surface area (Å²) in [6.45, 7) is 0.720. The zero-order chi connectivity index (χ0) is 13.8. The van der Waals surface area contributed by atoms with Crippen molar-refractivity contribution in [1.82, 2.24) is 0 Å². The number of hydrogen-bond donors (Lipinski definition) is 0. The maximum absolute atomic E-state index is 11.9. The second kappa shape index (κ2) is 8.21. The molecule has 19 heavy (non-hydrogen) atoms. The van der Waals surface area contributed by atoms with Crippen LogP contribution in [0, 0.1) is 5.92 Å². The first-order valence-corrected chi connectivity index (χ1v) is 6.84. The highest BCUT2D eigenvalue weighted by Crippen LogP contribution is 2.32. The van der Waals surface area contributed by atoms with Crippen LogP contribution in [0.3, 0.4) is 0 Å². The number of ether oxygens (including phenoxy) is 1. The number of esters is 1. The van der Waals surface area contributed by atoms with Crippen LogP contribution in [-0.2, 0) is 9.53 Å². The minimum absolute atomic E-state index is 0. The van der Waals surface area contributed by atoms with E-state index in [9.17, 15) is 4.79 Å². The Bertz CT molecular complexity index is 392. The lowest BCUT2D eigenvalue weighted by Gasteiger charge is -2.30. The topological polar surface area (TPSA) is 26.3 Å². The standard InChI is InChI=1S/C14H21BrNO2.HI/c1-16(2,3)10-12(14(17)18-4)13(15)11-8-6-5-7-9-11;/h5-9,12-13H,10H2,1-4H3;1H/q+1;/p-1. The van der Waals surface area contributed by atoms with Gasteiger partial charge in [-0.05, 0) is 5.56 Å². The molecule has 108 valence electrons. The summed E-state index contributed by atoms with van der Waals surface area (Å²) in [4.78, 5) is 11.9. The normalized spacial score (nSPS) is 14.2. The Kier molecular flexibility index (Phi) is 8.15. The lowest BCUT2D eigenvalue weighted by atomic mass is 9.98. The molecule has 1 rings (SSSR count). The third-order valence-electron chi connectivity index (χ3n) is 2.72. The van der Waals surface area contributed by atoms with Crippen LogP contribution in [0.5, 0.6) is 0 Å². The Hall–Kier alpha value is -0.140. The highest BCUT2D eigenvalue weighted by molar-refractivity contribution is 9.09. The van der Waals surface area contributed by atoms with Crippen LogP contribution in [0.25, 0.3) is 0 Å². The van der Waals surface area contributed by atoms with Gasteiger partial charge in [0.05, 0.1) is 39.6 Å². The highest BCUT2D eigenvalue weighted by atomic mass is 127. The molecule has 0 radical (unpaired) electrons. The highest BCUT2D eigenvalue weighted by Gasteiger charge is 2.33. The van der Waals surface area contributed by atoms with Crippen LogP contribution in [0.4, 0.5) is 0 Å². The van der Waals surface area contributed by atoms with Crippen LogP contribution in [0.1, 0.15) is 10.4 Å². The van der Waals surface area contributed by atoms with Gasteiger partial charge in [0.2, 0.25) is 0 Å². The van der Waals surface area contributed by atoms with Crippen LogP contribution >= 0.6 is 15.9 Å². The van der Waals surface area contributed by atoms with Gasteiger partial charge in [0.1, 0.15) is 5.92 Å². The molecule has 0 heterocycles. The fraction of sp³-hybridized carbons (Fsp3) is 0.500. The largest absolute Gasteiger partial charge is 1.00 e. The Morgan fingerprint density at radius 3 is 2.21 bits per heavy atom. The monoisotopic (exact) mass is 441 g/mol. The summed E-state index contributed by atoms with van der Waals surface area (Å²) in [6, 6.07) is 9.96. The number of nitrogens with zero attached hydrogens (tertiary/aromatic N) is 1. The van der Waals surface area contributed by atoms with E-state index in [0.29, 0.717) is 4.48 Å². The van der Waals surface area contributed by atoms with Crippen molar-refractivity contribution in [3.05, 3.63) is 35.9 Å². The van der Waals surface area contributed by atoms with E-state index in [-0.39, 0.29) is 40.7 Å². The maximum atomic E-state index is 11.9. The van der Waals surface area contributed by atoms with E-state index in [4.69, 9.17) is 4.74 Å². The number of rotatable bonds is 5. The fourth-order valence-electron chi connectivity index (χ4n) is 1.90. The quantitative estimate of drug-likeness (QED) is 0.269. The van der Waals surface area contributed by atoms with Gasteiger partial charge in [-0.25, -0.2) is 0 Å². The summed E-state index contributed by atoms with van der Waals surface area (Å²) in [7, 11) is 7.65. The summed E-state index contributed by atoms with van der Waals surface area (Å²) >= 11 is 3.64. The predicted octanol–water partition coefficient (Wildman–Crippen LogP) is -0.378. The third-order valence-corrected chi connectivity index (χ3v) is 3.89. The van der Waals surface area contributed by atoms with Gasteiger partial charge in [0.15, 0.2) is 0 Å². The van der Waals surface area contributed by atoms with Gasteiger partial charge in [-0.2, -0.15) is 0 Å². The molecule has 3 nitrogen and oxygen atoms in total. The second-order valence-corrected chi connectivity index (χ2v) is 6.40. The van der Waals surface area contributed by atoms with E-state index in [0.717, 1.165) is 12.1 Å². The number of alkyl halides is 1. The van der Waals surface area contributed by atoms with Gasteiger partial charge in [-0.15, -0.1) is 0 Å². The Balaban J connectivity index is 0.00000324. The summed E-state index contributed by atoms with van der Waals surface area (Å²) < 4.78 is 5.64. The molecule has 0 aromatic heterocycles. The molecule has 2 atom stereocenters. The molecule has 0 fully saturated rings. The van der Waals surface area contributed by atoms with Crippen LogP contribution in [0.2, 0.25) is 0 Å². The van der Waals surface area contributed by atoms with E-state index < -0.39 is 0 Å². The van der Waals surface area contributed by atoms with Gasteiger partial charge in [-0.3, -0.25) is 4.79 Å². The van der Waals surface area contributed by atoms with Gasteiger partial charge in [0.25, 0.3) is 0 Å². The average molecular weight is 442 g/mol. The van der Waals surface area contributed by atoms with Crippen molar-refractivity contribution in [3.63, 3.8) is 0 Å². The van der Waals surface area contributed by atoms with Gasteiger partial charge < -0.3 is 33.2 Å². The second-order valence-electron chi connectivity index (χ2n) is 5.41. The number of methoxy groups -OCH3 is 1. The van der Waals surface area contributed by atoms with Crippen molar-refractivity contribution in [2.24, 2.45) is 5.92 Å². The molecule has 1 aromatic carbocycles. The van der Waals surface area contributed by atoms with Crippen molar-refractivity contribution in [3.8, 4) is 0 Å². The SMILES string of the molecule is COC(=O)C(C[N+](C)(C)C)C(Br)c1ccccc1.[I-]. The van der Waals surface area contributed by atoms with E-state index in [1.165, 1.54) is 7.11 Å². The minimum Gasteiger partial charge on any atom is -1.00 e. The number of carbonyl (C=O) groups excluding carboxylic acids is 1. The Morgan fingerprint density at radius 1 is 1.26 bits per heavy atom. The molecular formula is C14H21BrINO2. The first-order chi connectivity index (χ1) is 8.35. The summed E-state index contributed by atoms with van der Waals surface area (Å²) in [5, 5.41) is 0. The van der Waals surface area contributed by atoms with E-state index in [2.05, 4.69) is 37.1 Å². The molecule has 0 amide bonds. The molecule has 0 N–H and O–H groups in total. The first-order valence-electron chi connectivity index (χ1n) is 5.92. The zero-order valence-electron chi connectivity index (χ0n) is 11.8. The molecular weight excluding hydrogens is 421 g/mol. The number of halogens is 2. The number of hydrogen-bond acceptors (Lipinski definition) is 2. The van der Waals surface area contributed by atoms with Crippen molar-refractivity contribution < 1.29 is 38.0 Å². The maximum Gasteiger partial charge on any atom is 0.315 e. The molecule has 0 bridgehead atoms. The average Bonchev–Trinajstić information content (AvgIpc) is 2.34. The Morgan fingerprint density at radius 2 is 1.79 bits per heavy atom. The molecule has 0 spiro atoms. The van der Waals surface area contributed by atoms with E-state index >= 15 is 0 Å². The molecule has 0 aliphatic rings. The minimum atomic E-state index is -0.197. The first kappa shape index (κ1) is 18.9. The van der Waals surface area contributed by atoms with Gasteiger partial charge in [-0.1, -0.05) is 46.3 Å². The lowest BCUT2D eigenvalue weighted by molar-refractivity contribution is -0.872. The molecule has 0 saturated heterocycles. The predicted molar refractivity (Wildman–Crippen MR) is 76.5 cm³/mol. The van der Waals surface area contributed by atoms with Crippen molar-refractivity contribution >= 4 is 21.9 Å². The smallest absolute Gasteiger partial charge is 0.315 e. The Labute approximate surface area is 141 Å².